The summed E-state index contributed by atoms with van der Waals surface area (Å²) in [6.07, 6.45) is 1.77. The third kappa shape index (κ3) is 24.2. The highest BCUT2D eigenvalue weighted by molar-refractivity contribution is 8.13. The van der Waals surface area contributed by atoms with Crippen LogP contribution in [0.3, 0.4) is 0 Å². The number of hydrogen-bond acceptors (Lipinski definition) is 5. The summed E-state index contributed by atoms with van der Waals surface area (Å²) in [5.41, 5.74) is 4.84. The van der Waals surface area contributed by atoms with Crippen LogP contribution >= 0.6 is 20.4 Å². The van der Waals surface area contributed by atoms with Crippen molar-refractivity contribution in [2.45, 2.75) is 0 Å². The first-order valence-electron chi connectivity index (χ1n) is 2.14. The number of rotatable bonds is 1. The van der Waals surface area contributed by atoms with Crippen LogP contribution in [0.1, 0.15) is 0 Å². The van der Waals surface area contributed by atoms with Gasteiger partial charge in [-0.2, -0.15) is 0 Å². The Morgan fingerprint density at radius 1 is 1.70 bits per heavy atom. The molecule has 0 aliphatic rings. The van der Waals surface area contributed by atoms with Crippen LogP contribution in [0.25, 0.3) is 0 Å². The Bertz CT molecular complexity index is 91.8. The lowest BCUT2D eigenvalue weighted by molar-refractivity contribution is 0.310. The predicted octanol–water partition coefficient (Wildman–Crippen LogP) is 0.0872. The highest BCUT2D eigenvalue weighted by Crippen LogP contribution is 2.20. The Kier molecular flexibility index (Phi) is 11.7. The van der Waals surface area contributed by atoms with Crippen LogP contribution < -0.4 is 5.73 Å². The molecule has 0 aromatic rings. The smallest absolute Gasteiger partial charge is 0.326 e. The van der Waals surface area contributed by atoms with E-state index in [1.807, 2.05) is 0 Å². The van der Waals surface area contributed by atoms with Gasteiger partial charge in [-0.25, -0.2) is 0 Å². The Labute approximate surface area is 65.1 Å². The van der Waals surface area contributed by atoms with E-state index in [9.17, 15) is 0 Å². The molecule has 0 amide bonds. The number of thioether (sulfide) groups is 1. The molecule has 0 unspecified atom stereocenters. The number of nitrogens with two attached hydrogens (primary N) is 1. The van der Waals surface area contributed by atoms with Gasteiger partial charge in [0.25, 0.3) is 0 Å². The molecular formula is C3H11N2O3PS. The predicted molar refractivity (Wildman–Crippen MR) is 43.8 cm³/mol. The Morgan fingerprint density at radius 2 is 1.90 bits per heavy atom. The van der Waals surface area contributed by atoms with E-state index in [1.165, 1.54) is 18.9 Å². The van der Waals surface area contributed by atoms with Gasteiger partial charge in [0.1, 0.15) is 0 Å². The van der Waals surface area contributed by atoms with Crippen molar-refractivity contribution in [3.8, 4) is 0 Å². The molecule has 0 saturated carbocycles. The third-order valence-electron chi connectivity index (χ3n) is 0.383. The molecular weight excluding hydrogens is 175 g/mol. The van der Waals surface area contributed by atoms with Gasteiger partial charge < -0.3 is 20.0 Å². The van der Waals surface area contributed by atoms with E-state index in [0.717, 1.165) is 0 Å². The molecule has 62 valence electrons. The monoisotopic (exact) mass is 186 g/mol. The lowest BCUT2D eigenvalue weighted by Crippen LogP contribution is -2.01. The molecule has 0 aromatic carbocycles. The van der Waals surface area contributed by atoms with Crippen LogP contribution in [-0.2, 0) is 4.52 Å². The van der Waals surface area contributed by atoms with Crippen molar-refractivity contribution < 1.29 is 14.3 Å². The van der Waals surface area contributed by atoms with E-state index >= 15 is 0 Å². The van der Waals surface area contributed by atoms with Crippen molar-refractivity contribution in [1.82, 2.24) is 0 Å². The van der Waals surface area contributed by atoms with E-state index in [1.54, 1.807) is 6.26 Å². The summed E-state index contributed by atoms with van der Waals surface area (Å²) in [4.78, 5) is 15.5. The highest BCUT2D eigenvalue weighted by atomic mass is 32.2. The molecule has 5 N–H and O–H groups in total. The largest absolute Gasteiger partial charge is 0.379 e. The summed E-state index contributed by atoms with van der Waals surface area (Å²) in [6, 6.07) is 0. The van der Waals surface area contributed by atoms with Gasteiger partial charge in [-0.05, 0) is 6.26 Å². The van der Waals surface area contributed by atoms with E-state index in [0.29, 0.717) is 0 Å². The molecule has 0 rings (SSSR count). The first-order chi connectivity index (χ1) is 4.54. The molecule has 0 aliphatic carbocycles. The molecule has 7 heteroatoms. The zero-order valence-electron chi connectivity index (χ0n) is 5.74. The molecule has 0 aromatic heterocycles. The zero-order chi connectivity index (χ0) is 8.57. The van der Waals surface area contributed by atoms with E-state index < -0.39 is 8.60 Å². The van der Waals surface area contributed by atoms with Crippen molar-refractivity contribution >= 4 is 25.5 Å². The standard InChI is InChI=1S/C2H6N2S.CH5O3P/c1-5-2(3)4;1-4-5(2)3/h1H3,(H3,3,4);2-3H,1H3. The second-order valence-corrected chi connectivity index (χ2v) is 2.72. The van der Waals surface area contributed by atoms with Crippen molar-refractivity contribution in [3.63, 3.8) is 0 Å². The first kappa shape index (κ1) is 12.8. The molecule has 0 spiro atoms. The first-order valence-corrected chi connectivity index (χ1v) is 4.53. The van der Waals surface area contributed by atoms with Crippen LogP contribution in [-0.4, -0.2) is 28.3 Å². The van der Waals surface area contributed by atoms with Crippen LogP contribution in [0.4, 0.5) is 0 Å². The number of amidine groups is 1. The lowest BCUT2D eigenvalue weighted by atomic mass is 11.4. The average molecular weight is 186 g/mol. The molecule has 0 aliphatic heterocycles. The van der Waals surface area contributed by atoms with E-state index in [-0.39, 0.29) is 5.17 Å². The Hall–Kier alpha value is 0.130. The molecule has 5 nitrogen and oxygen atoms in total. The summed E-state index contributed by atoms with van der Waals surface area (Å²) in [6.45, 7) is 0. The molecule has 10 heavy (non-hydrogen) atoms. The third-order valence-corrected chi connectivity index (χ3v) is 1.15. The van der Waals surface area contributed by atoms with Gasteiger partial charge in [0, 0.05) is 7.11 Å². The van der Waals surface area contributed by atoms with Crippen LogP contribution in [0.5, 0.6) is 0 Å². The quantitative estimate of drug-likeness (QED) is 0.264. The van der Waals surface area contributed by atoms with E-state index in [4.69, 9.17) is 20.9 Å². The van der Waals surface area contributed by atoms with Crippen LogP contribution in [0, 0.1) is 5.41 Å². The fourth-order valence-corrected chi connectivity index (χ4v) is 0. The summed E-state index contributed by atoms with van der Waals surface area (Å²) < 4.78 is 3.93. The Morgan fingerprint density at radius 3 is 1.90 bits per heavy atom. The van der Waals surface area contributed by atoms with Gasteiger partial charge in [-0.3, -0.25) is 5.41 Å². The number of hydrogen-bond donors (Lipinski definition) is 4. The van der Waals surface area contributed by atoms with Gasteiger partial charge in [-0.15, -0.1) is 0 Å². The minimum Gasteiger partial charge on any atom is -0.379 e. The normalized spacial score (nSPS) is 8.50. The van der Waals surface area contributed by atoms with Gasteiger partial charge in [0.05, 0.1) is 0 Å². The maximum atomic E-state index is 7.76. The van der Waals surface area contributed by atoms with Crippen molar-refractivity contribution in [2.24, 2.45) is 5.73 Å². The summed E-state index contributed by atoms with van der Waals surface area (Å²) in [7, 11) is -0.870. The zero-order valence-corrected chi connectivity index (χ0v) is 7.45. The Balaban J connectivity index is 0. The minimum atomic E-state index is -2.10. The maximum absolute atomic E-state index is 7.76. The second kappa shape index (κ2) is 9.13. The van der Waals surface area contributed by atoms with Crippen molar-refractivity contribution in [3.05, 3.63) is 0 Å². The summed E-state index contributed by atoms with van der Waals surface area (Å²) >= 11 is 1.24. The van der Waals surface area contributed by atoms with Gasteiger partial charge >= 0.3 is 8.60 Å². The molecule has 0 atom stereocenters. The van der Waals surface area contributed by atoms with E-state index in [2.05, 4.69) is 4.52 Å². The SMILES string of the molecule is COP(O)O.CSC(=N)N. The van der Waals surface area contributed by atoms with Crippen molar-refractivity contribution in [2.75, 3.05) is 13.4 Å². The minimum absolute atomic E-state index is 0.171. The lowest BCUT2D eigenvalue weighted by Gasteiger charge is -1.89. The van der Waals surface area contributed by atoms with Gasteiger partial charge in [0.15, 0.2) is 5.17 Å². The molecule has 0 heterocycles. The fraction of sp³-hybridized carbons (Fsp3) is 0.667. The topological polar surface area (TPSA) is 99.6 Å². The highest BCUT2D eigenvalue weighted by Gasteiger charge is 1.86. The number of nitrogens with one attached hydrogen (secondary N) is 1. The fourth-order valence-electron chi connectivity index (χ4n) is 0. The van der Waals surface area contributed by atoms with Crippen LogP contribution in [0.2, 0.25) is 0 Å². The molecule has 0 bridgehead atoms. The molecule has 0 fully saturated rings. The molecule has 0 radical (unpaired) electrons. The van der Waals surface area contributed by atoms with Gasteiger partial charge in [-0.1, -0.05) is 11.8 Å². The average Bonchev–Trinajstić information content (AvgIpc) is 1.89. The summed E-state index contributed by atoms with van der Waals surface area (Å²) in [5.74, 6) is 0. The van der Waals surface area contributed by atoms with Crippen LogP contribution in [0.15, 0.2) is 0 Å². The van der Waals surface area contributed by atoms with Gasteiger partial charge in [0.2, 0.25) is 0 Å². The van der Waals surface area contributed by atoms with Crippen molar-refractivity contribution in [1.29, 1.82) is 5.41 Å². The molecule has 0 saturated heterocycles. The maximum Gasteiger partial charge on any atom is 0.326 e. The summed E-state index contributed by atoms with van der Waals surface area (Å²) in [5, 5.41) is 6.66. The second-order valence-electron chi connectivity index (χ2n) is 1.00.